The number of carbonyl (C=O) groups is 2. The van der Waals surface area contributed by atoms with Gasteiger partial charge in [-0.25, -0.2) is 14.6 Å². The molecule has 2 aliphatic heterocycles. The number of aromatic nitrogens is 2. The van der Waals surface area contributed by atoms with Crippen LogP contribution in [0.3, 0.4) is 0 Å². The number of rotatable bonds is 6. The van der Waals surface area contributed by atoms with Crippen molar-refractivity contribution in [2.75, 3.05) is 24.9 Å². The van der Waals surface area contributed by atoms with Crippen LogP contribution in [0.25, 0.3) is 0 Å². The number of esters is 1. The molecule has 1 aromatic heterocycles. The van der Waals surface area contributed by atoms with Gasteiger partial charge >= 0.3 is 12.0 Å². The van der Waals surface area contributed by atoms with Crippen LogP contribution in [0.2, 0.25) is 0 Å². The van der Waals surface area contributed by atoms with E-state index in [1.54, 1.807) is 25.1 Å². The van der Waals surface area contributed by atoms with Gasteiger partial charge in [0.1, 0.15) is 5.82 Å². The predicted octanol–water partition coefficient (Wildman–Crippen LogP) is 1.04. The topological polar surface area (TPSA) is 158 Å². The second kappa shape index (κ2) is 8.60. The molecule has 1 aromatic carbocycles. The average molecular weight is 445 g/mol. The van der Waals surface area contributed by atoms with Gasteiger partial charge in [-0.15, -0.1) is 0 Å². The van der Waals surface area contributed by atoms with Gasteiger partial charge in [0.05, 0.1) is 18.2 Å². The van der Waals surface area contributed by atoms with Crippen LogP contribution in [0.4, 0.5) is 10.6 Å². The summed E-state index contributed by atoms with van der Waals surface area (Å²) >= 11 is 1.11. The number of amides is 2. The molecule has 1 atom stereocenters. The van der Waals surface area contributed by atoms with E-state index in [1.165, 1.54) is 0 Å². The molecule has 0 saturated carbocycles. The van der Waals surface area contributed by atoms with E-state index < -0.39 is 23.6 Å². The zero-order chi connectivity index (χ0) is 22.0. The van der Waals surface area contributed by atoms with Crippen molar-refractivity contribution in [1.82, 2.24) is 20.6 Å². The highest BCUT2D eigenvalue weighted by Gasteiger charge is 2.34. The van der Waals surface area contributed by atoms with Crippen molar-refractivity contribution in [1.29, 1.82) is 0 Å². The van der Waals surface area contributed by atoms with Gasteiger partial charge < -0.3 is 35.6 Å². The zero-order valence-corrected chi connectivity index (χ0v) is 17.2. The minimum absolute atomic E-state index is 0.0680. The van der Waals surface area contributed by atoms with Gasteiger partial charge in [-0.1, -0.05) is 17.8 Å². The van der Waals surface area contributed by atoms with Crippen molar-refractivity contribution >= 4 is 29.6 Å². The van der Waals surface area contributed by atoms with Gasteiger partial charge in [0.25, 0.3) is 5.56 Å². The van der Waals surface area contributed by atoms with Crippen molar-refractivity contribution < 1.29 is 23.8 Å². The Morgan fingerprint density at radius 1 is 1.29 bits per heavy atom. The van der Waals surface area contributed by atoms with E-state index in [1.807, 2.05) is 0 Å². The molecular weight excluding hydrogens is 426 g/mol. The molecule has 2 amide bonds. The molecule has 0 saturated heterocycles. The van der Waals surface area contributed by atoms with E-state index >= 15 is 0 Å². The van der Waals surface area contributed by atoms with Crippen molar-refractivity contribution in [3.63, 3.8) is 0 Å². The second-order valence-corrected chi connectivity index (χ2v) is 7.49. The summed E-state index contributed by atoms with van der Waals surface area (Å²) in [6, 6.07) is 5.07. The van der Waals surface area contributed by atoms with Gasteiger partial charge in [0.2, 0.25) is 6.79 Å². The number of H-pyrrole nitrogens is 1. The monoisotopic (exact) mass is 445 g/mol. The summed E-state index contributed by atoms with van der Waals surface area (Å²) < 4.78 is 16.0. The molecule has 0 spiro atoms. The lowest BCUT2D eigenvalue weighted by Crippen LogP contribution is -2.46. The first-order valence-corrected chi connectivity index (χ1v) is 10.3. The summed E-state index contributed by atoms with van der Waals surface area (Å²) in [4.78, 5) is 43.4. The number of nitrogens with zero attached hydrogens (tertiary/aromatic N) is 1. The van der Waals surface area contributed by atoms with Gasteiger partial charge in [-0.05, 0) is 24.6 Å². The summed E-state index contributed by atoms with van der Waals surface area (Å²) in [6.07, 6.45) is 0. The molecule has 3 heterocycles. The van der Waals surface area contributed by atoms with Crippen molar-refractivity contribution in [3.05, 3.63) is 51.5 Å². The first-order chi connectivity index (χ1) is 14.9. The Balaban J connectivity index is 1.70. The molecule has 0 bridgehead atoms. The molecule has 162 valence electrons. The molecule has 0 fully saturated rings. The molecule has 0 aliphatic carbocycles. The molecule has 0 radical (unpaired) electrons. The molecular formula is C19H19N5O6S. The average Bonchev–Trinajstić information content (AvgIpc) is 3.19. The lowest BCUT2D eigenvalue weighted by Gasteiger charge is -2.29. The number of nitrogens with two attached hydrogens (primary N) is 1. The highest BCUT2D eigenvalue weighted by Crippen LogP contribution is 2.37. The maximum Gasteiger partial charge on any atom is 0.338 e. The van der Waals surface area contributed by atoms with Crippen molar-refractivity contribution in [3.8, 4) is 11.5 Å². The molecule has 5 N–H and O–H groups in total. The van der Waals surface area contributed by atoms with Crippen LogP contribution in [0, 0.1) is 0 Å². The largest absolute Gasteiger partial charge is 0.463 e. The third kappa shape index (κ3) is 4.43. The molecule has 0 unspecified atom stereocenters. The van der Waals surface area contributed by atoms with Crippen LogP contribution in [-0.4, -0.2) is 41.1 Å². The standard InChI is InChI=1S/C19H19N5O6S/c1-2-28-17(26)15-10(7-31-19-22-13(20)6-14(25)23-19)21-18(27)24-16(15)9-3-4-11-12(5-9)30-8-29-11/h3-6,16H,2,7-8H2,1H3,(H2,21,24,27)(H3,20,22,23,25)/t16-/m1/s1. The number of benzene rings is 1. The SMILES string of the molecule is CCOC(=O)C1=C(CSc2nc(N)cc(=O)[nH]2)NC(=O)N[C@@H]1c1ccc2c(c1)OCO2. The summed E-state index contributed by atoms with van der Waals surface area (Å²) in [5.41, 5.74) is 6.41. The van der Waals surface area contributed by atoms with E-state index in [0.29, 0.717) is 22.8 Å². The molecule has 12 heteroatoms. The lowest BCUT2D eigenvalue weighted by atomic mass is 9.95. The highest BCUT2D eigenvalue weighted by atomic mass is 32.2. The minimum Gasteiger partial charge on any atom is -0.463 e. The molecule has 31 heavy (non-hydrogen) atoms. The van der Waals surface area contributed by atoms with Crippen LogP contribution >= 0.6 is 11.8 Å². The second-order valence-electron chi connectivity index (χ2n) is 6.52. The summed E-state index contributed by atoms with van der Waals surface area (Å²) in [5.74, 6) is 0.722. The van der Waals surface area contributed by atoms with Crippen molar-refractivity contribution in [2.24, 2.45) is 0 Å². The number of urea groups is 1. The number of nitrogen functional groups attached to an aromatic ring is 1. The Kier molecular flexibility index (Phi) is 5.71. The maximum atomic E-state index is 12.8. The molecule has 4 rings (SSSR count). The number of nitrogens with one attached hydrogen (secondary N) is 3. The number of aromatic amines is 1. The summed E-state index contributed by atoms with van der Waals surface area (Å²) in [7, 11) is 0. The normalized spacial score (nSPS) is 17.2. The predicted molar refractivity (Wildman–Crippen MR) is 111 cm³/mol. The number of anilines is 1. The zero-order valence-electron chi connectivity index (χ0n) is 16.4. The highest BCUT2D eigenvalue weighted by molar-refractivity contribution is 7.99. The van der Waals surface area contributed by atoms with E-state index in [2.05, 4.69) is 20.6 Å². The number of hydrogen-bond donors (Lipinski definition) is 4. The fourth-order valence-corrected chi connectivity index (χ4v) is 4.04. The third-order valence-electron chi connectivity index (χ3n) is 4.47. The Hall–Kier alpha value is -3.67. The number of hydrogen-bond acceptors (Lipinski definition) is 9. The Morgan fingerprint density at radius 2 is 2.10 bits per heavy atom. The van der Waals surface area contributed by atoms with Crippen LogP contribution in [-0.2, 0) is 9.53 Å². The first-order valence-electron chi connectivity index (χ1n) is 9.31. The molecule has 2 aliphatic rings. The third-order valence-corrected chi connectivity index (χ3v) is 5.37. The van der Waals surface area contributed by atoms with Crippen molar-refractivity contribution in [2.45, 2.75) is 18.1 Å². The van der Waals surface area contributed by atoms with Crippen LogP contribution in [0.5, 0.6) is 11.5 Å². The fourth-order valence-electron chi connectivity index (χ4n) is 3.19. The maximum absolute atomic E-state index is 12.8. The summed E-state index contributed by atoms with van der Waals surface area (Å²) in [6.45, 7) is 1.96. The van der Waals surface area contributed by atoms with E-state index in [0.717, 1.165) is 17.8 Å². The number of thioether (sulfide) groups is 1. The minimum atomic E-state index is -0.772. The smallest absolute Gasteiger partial charge is 0.338 e. The fraction of sp³-hybridized carbons (Fsp3) is 0.263. The van der Waals surface area contributed by atoms with Crippen LogP contribution < -0.4 is 31.4 Å². The summed E-state index contributed by atoms with van der Waals surface area (Å²) in [5, 5.41) is 5.67. The lowest BCUT2D eigenvalue weighted by molar-refractivity contribution is -0.139. The van der Waals surface area contributed by atoms with Gasteiger partial charge in [0, 0.05) is 17.5 Å². The van der Waals surface area contributed by atoms with E-state index in [-0.39, 0.29) is 35.7 Å². The van der Waals surface area contributed by atoms with Gasteiger partial charge in [-0.3, -0.25) is 4.79 Å². The Bertz CT molecular complexity index is 1130. The van der Waals surface area contributed by atoms with E-state index in [4.69, 9.17) is 19.9 Å². The van der Waals surface area contributed by atoms with Gasteiger partial charge in [0.15, 0.2) is 16.7 Å². The quantitative estimate of drug-likeness (QED) is 0.290. The Labute approximate surface area is 180 Å². The first kappa shape index (κ1) is 20.6. The number of carbonyl (C=O) groups excluding carboxylic acids is 2. The van der Waals surface area contributed by atoms with Gasteiger partial charge in [-0.2, -0.15) is 0 Å². The van der Waals surface area contributed by atoms with E-state index in [9.17, 15) is 14.4 Å². The van der Waals surface area contributed by atoms with Crippen LogP contribution in [0.15, 0.2) is 45.5 Å². The Morgan fingerprint density at radius 3 is 2.87 bits per heavy atom. The van der Waals surface area contributed by atoms with Crippen LogP contribution in [0.1, 0.15) is 18.5 Å². The molecule has 2 aromatic rings. The molecule has 11 nitrogen and oxygen atoms in total. The number of ether oxygens (including phenoxy) is 3. The number of fused-ring (bicyclic) bond motifs is 1.